The summed E-state index contributed by atoms with van der Waals surface area (Å²) in [5.41, 5.74) is 7.84. The van der Waals surface area contributed by atoms with E-state index >= 15 is 0 Å². The first-order valence-corrected chi connectivity index (χ1v) is 7.09. The topological polar surface area (TPSA) is 56.3 Å². The van der Waals surface area contributed by atoms with Crippen LogP contribution in [0.2, 0.25) is 5.02 Å². The molecule has 0 aromatic carbocycles. The molecule has 5 nitrogen and oxygen atoms in total. The summed E-state index contributed by atoms with van der Waals surface area (Å²) in [5.74, 6) is 0. The summed E-state index contributed by atoms with van der Waals surface area (Å²) in [6.45, 7) is 4.37. The van der Waals surface area contributed by atoms with Gasteiger partial charge in [0, 0.05) is 39.8 Å². The number of nitrogens with two attached hydrogens (primary N) is 1. The first-order valence-electron chi connectivity index (χ1n) is 6.71. The molecule has 1 fully saturated rings. The van der Waals surface area contributed by atoms with Gasteiger partial charge in [-0.2, -0.15) is 5.10 Å². The van der Waals surface area contributed by atoms with Crippen LogP contribution in [0.4, 0.5) is 0 Å². The Morgan fingerprint density at radius 3 is 2.79 bits per heavy atom. The molecular formula is C13H23ClN4O. The number of piperidine rings is 1. The number of hydrogen-bond acceptors (Lipinski definition) is 4. The van der Waals surface area contributed by atoms with Crippen LogP contribution in [-0.4, -0.2) is 47.0 Å². The highest BCUT2D eigenvalue weighted by atomic mass is 35.5. The Hall–Kier alpha value is -0.620. The molecule has 2 rings (SSSR count). The lowest BCUT2D eigenvalue weighted by Gasteiger charge is -2.38. The normalized spacial score (nSPS) is 24.9. The lowest BCUT2D eigenvalue weighted by Crippen LogP contribution is -2.48. The molecule has 2 N–H and O–H groups in total. The molecule has 1 aromatic rings. The maximum atomic E-state index is 6.31. The van der Waals surface area contributed by atoms with Gasteiger partial charge in [0.1, 0.15) is 0 Å². The smallest absolute Gasteiger partial charge is 0.0860 e. The molecule has 1 aliphatic heterocycles. The number of aromatic nitrogens is 2. The lowest BCUT2D eigenvalue weighted by molar-refractivity contribution is 0.00942. The van der Waals surface area contributed by atoms with Crippen molar-refractivity contribution in [1.29, 1.82) is 0 Å². The third kappa shape index (κ3) is 3.11. The van der Waals surface area contributed by atoms with Gasteiger partial charge in [0.25, 0.3) is 0 Å². The van der Waals surface area contributed by atoms with Crippen LogP contribution in [0.25, 0.3) is 0 Å². The van der Waals surface area contributed by atoms with E-state index in [1.807, 2.05) is 18.7 Å². The predicted molar refractivity (Wildman–Crippen MR) is 76.2 cm³/mol. The van der Waals surface area contributed by atoms with Crippen molar-refractivity contribution < 1.29 is 4.74 Å². The van der Waals surface area contributed by atoms with E-state index in [0.717, 1.165) is 42.3 Å². The number of hydrogen-bond donors (Lipinski definition) is 1. The zero-order valence-corrected chi connectivity index (χ0v) is 12.7. The van der Waals surface area contributed by atoms with Crippen molar-refractivity contribution in [3.05, 3.63) is 16.4 Å². The Morgan fingerprint density at radius 1 is 1.53 bits per heavy atom. The molecule has 1 saturated heterocycles. The average molecular weight is 287 g/mol. The van der Waals surface area contributed by atoms with Crippen LogP contribution in [-0.2, 0) is 18.3 Å². The second kappa shape index (κ2) is 6.22. The Kier molecular flexibility index (Phi) is 4.84. The van der Waals surface area contributed by atoms with Gasteiger partial charge in [-0.15, -0.1) is 0 Å². The molecule has 2 unspecified atom stereocenters. The second-order valence-electron chi connectivity index (χ2n) is 5.21. The highest BCUT2D eigenvalue weighted by Gasteiger charge is 2.28. The van der Waals surface area contributed by atoms with E-state index in [-0.39, 0.29) is 0 Å². The Morgan fingerprint density at radius 2 is 2.26 bits per heavy atom. The zero-order valence-electron chi connectivity index (χ0n) is 11.9. The summed E-state index contributed by atoms with van der Waals surface area (Å²) in [4.78, 5) is 2.39. The molecule has 0 amide bonds. The average Bonchev–Trinajstić information content (AvgIpc) is 2.65. The number of halogens is 1. The summed E-state index contributed by atoms with van der Waals surface area (Å²) in [7, 11) is 3.71. The lowest BCUT2D eigenvalue weighted by atomic mass is 9.99. The van der Waals surface area contributed by atoms with Crippen LogP contribution in [0.15, 0.2) is 0 Å². The molecule has 0 radical (unpaired) electrons. The van der Waals surface area contributed by atoms with Gasteiger partial charge < -0.3 is 10.5 Å². The molecule has 1 aliphatic rings. The van der Waals surface area contributed by atoms with Gasteiger partial charge in [-0.25, -0.2) is 0 Å². The fraction of sp³-hybridized carbons (Fsp3) is 0.769. The first-order chi connectivity index (χ1) is 9.06. The monoisotopic (exact) mass is 286 g/mol. The fourth-order valence-electron chi connectivity index (χ4n) is 2.77. The van der Waals surface area contributed by atoms with Gasteiger partial charge in [-0.05, 0) is 19.8 Å². The maximum Gasteiger partial charge on any atom is 0.0860 e. The first kappa shape index (κ1) is 14.8. The largest absolute Gasteiger partial charge is 0.381 e. The van der Waals surface area contributed by atoms with Crippen molar-refractivity contribution >= 4 is 11.6 Å². The van der Waals surface area contributed by atoms with Gasteiger partial charge in [-0.3, -0.25) is 9.58 Å². The molecule has 0 bridgehead atoms. The number of rotatable bonds is 4. The van der Waals surface area contributed by atoms with Crippen molar-refractivity contribution in [3.63, 3.8) is 0 Å². The van der Waals surface area contributed by atoms with E-state index in [1.165, 1.54) is 0 Å². The van der Waals surface area contributed by atoms with Crippen molar-refractivity contribution in [2.45, 2.75) is 38.5 Å². The predicted octanol–water partition coefficient (Wildman–Crippen LogP) is 1.32. The van der Waals surface area contributed by atoms with Crippen molar-refractivity contribution in [2.75, 3.05) is 20.2 Å². The molecule has 19 heavy (non-hydrogen) atoms. The summed E-state index contributed by atoms with van der Waals surface area (Å²) < 4.78 is 7.32. The Labute approximate surface area is 119 Å². The number of ether oxygens (including phenoxy) is 1. The second-order valence-corrected chi connectivity index (χ2v) is 5.59. The van der Waals surface area contributed by atoms with Crippen molar-refractivity contribution in [3.8, 4) is 0 Å². The van der Waals surface area contributed by atoms with Gasteiger partial charge in [0.05, 0.1) is 22.5 Å². The Balaban J connectivity index is 2.09. The van der Waals surface area contributed by atoms with E-state index < -0.39 is 0 Å². The third-order valence-corrected chi connectivity index (χ3v) is 4.50. The van der Waals surface area contributed by atoms with Gasteiger partial charge in [-0.1, -0.05) is 11.6 Å². The zero-order chi connectivity index (χ0) is 14.0. The SMILES string of the molecule is COC1CCN(Cc2c(Cl)c(C)nn2C)C(CN)C1. The van der Waals surface area contributed by atoms with Crippen LogP contribution >= 0.6 is 11.6 Å². The van der Waals surface area contributed by atoms with Gasteiger partial charge in [0.2, 0.25) is 0 Å². The fourth-order valence-corrected chi connectivity index (χ4v) is 2.99. The summed E-state index contributed by atoms with van der Waals surface area (Å²) >= 11 is 6.31. The summed E-state index contributed by atoms with van der Waals surface area (Å²) in [5, 5.41) is 5.13. The van der Waals surface area contributed by atoms with Crippen LogP contribution in [0.1, 0.15) is 24.2 Å². The van der Waals surface area contributed by atoms with E-state index in [0.29, 0.717) is 18.7 Å². The third-order valence-electron chi connectivity index (χ3n) is 4.01. The summed E-state index contributed by atoms with van der Waals surface area (Å²) in [6.07, 6.45) is 2.36. The number of methoxy groups -OCH3 is 1. The van der Waals surface area contributed by atoms with Crippen LogP contribution < -0.4 is 5.73 Å². The van der Waals surface area contributed by atoms with E-state index in [9.17, 15) is 0 Å². The van der Waals surface area contributed by atoms with Gasteiger partial charge >= 0.3 is 0 Å². The maximum absolute atomic E-state index is 6.31. The number of nitrogens with zero attached hydrogens (tertiary/aromatic N) is 3. The standard InChI is InChI=1S/C13H23ClN4O/c1-9-13(14)12(17(2)16-9)8-18-5-4-11(19-3)6-10(18)7-15/h10-11H,4-8,15H2,1-3H3. The van der Waals surface area contributed by atoms with E-state index in [4.69, 9.17) is 22.1 Å². The number of likely N-dealkylation sites (tertiary alicyclic amines) is 1. The molecule has 0 aliphatic carbocycles. The van der Waals surface area contributed by atoms with E-state index in [1.54, 1.807) is 7.11 Å². The minimum atomic E-state index is 0.327. The highest BCUT2D eigenvalue weighted by Crippen LogP contribution is 2.25. The van der Waals surface area contributed by atoms with Crippen molar-refractivity contribution in [2.24, 2.45) is 12.8 Å². The van der Waals surface area contributed by atoms with Gasteiger partial charge in [0.15, 0.2) is 0 Å². The van der Waals surface area contributed by atoms with Crippen LogP contribution in [0.3, 0.4) is 0 Å². The molecule has 0 saturated carbocycles. The Bertz CT molecular complexity index is 435. The molecule has 6 heteroatoms. The number of aryl methyl sites for hydroxylation is 2. The molecule has 108 valence electrons. The summed E-state index contributed by atoms with van der Waals surface area (Å²) in [6, 6.07) is 0.352. The molecule has 2 atom stereocenters. The quantitative estimate of drug-likeness (QED) is 0.907. The minimum absolute atomic E-state index is 0.327. The highest BCUT2D eigenvalue weighted by molar-refractivity contribution is 6.31. The van der Waals surface area contributed by atoms with Crippen molar-refractivity contribution in [1.82, 2.24) is 14.7 Å². The van der Waals surface area contributed by atoms with Crippen LogP contribution in [0, 0.1) is 6.92 Å². The van der Waals surface area contributed by atoms with E-state index in [2.05, 4.69) is 10.00 Å². The minimum Gasteiger partial charge on any atom is -0.381 e. The molecule has 0 spiro atoms. The molecular weight excluding hydrogens is 264 g/mol. The van der Waals surface area contributed by atoms with Crippen LogP contribution in [0.5, 0.6) is 0 Å². The molecule has 2 heterocycles. The molecule has 1 aromatic heterocycles.